The van der Waals surface area contributed by atoms with Crippen molar-refractivity contribution in [3.8, 4) is 11.5 Å². The Kier molecular flexibility index (Phi) is 9.09. The SMILES string of the molecule is CCCOc1ccc(C(C)NC(=O)/C=C/c2ccc(S(=O)(=O)N3CCOCC3)cc2)cc1OC. The van der Waals surface area contributed by atoms with Gasteiger partial charge in [0.1, 0.15) is 0 Å². The number of hydrogen-bond donors (Lipinski definition) is 1. The maximum Gasteiger partial charge on any atom is 0.244 e. The molecule has 0 bridgehead atoms. The Hall–Kier alpha value is -2.88. The zero-order chi connectivity index (χ0) is 24.6. The second-order valence-corrected chi connectivity index (χ2v) is 9.85. The smallest absolute Gasteiger partial charge is 0.244 e. The molecule has 1 N–H and O–H groups in total. The van der Waals surface area contributed by atoms with Gasteiger partial charge in [0.2, 0.25) is 15.9 Å². The molecule has 1 fully saturated rings. The van der Waals surface area contributed by atoms with Crippen molar-refractivity contribution in [2.45, 2.75) is 31.2 Å². The highest BCUT2D eigenvalue weighted by Crippen LogP contribution is 2.30. The first-order valence-corrected chi connectivity index (χ1v) is 12.8. The summed E-state index contributed by atoms with van der Waals surface area (Å²) >= 11 is 0. The summed E-state index contributed by atoms with van der Waals surface area (Å²) in [6.07, 6.45) is 3.98. The highest BCUT2D eigenvalue weighted by Gasteiger charge is 2.26. The van der Waals surface area contributed by atoms with Crippen LogP contribution < -0.4 is 14.8 Å². The summed E-state index contributed by atoms with van der Waals surface area (Å²) in [5.41, 5.74) is 1.61. The molecule has 1 saturated heterocycles. The highest BCUT2D eigenvalue weighted by molar-refractivity contribution is 7.89. The third kappa shape index (κ3) is 6.59. The molecule has 1 amide bonds. The van der Waals surface area contributed by atoms with E-state index in [1.54, 1.807) is 37.5 Å². The van der Waals surface area contributed by atoms with E-state index >= 15 is 0 Å². The Labute approximate surface area is 201 Å². The average Bonchev–Trinajstić information content (AvgIpc) is 2.86. The van der Waals surface area contributed by atoms with E-state index in [0.717, 1.165) is 17.5 Å². The summed E-state index contributed by atoms with van der Waals surface area (Å²) in [7, 11) is -1.96. The lowest BCUT2D eigenvalue weighted by Crippen LogP contribution is -2.40. The number of nitrogens with one attached hydrogen (secondary N) is 1. The largest absolute Gasteiger partial charge is 0.493 e. The van der Waals surface area contributed by atoms with Crippen molar-refractivity contribution in [2.24, 2.45) is 0 Å². The van der Waals surface area contributed by atoms with Gasteiger partial charge in [0.05, 0.1) is 37.9 Å². The number of morpholine rings is 1. The molecule has 0 radical (unpaired) electrons. The van der Waals surface area contributed by atoms with Crippen molar-refractivity contribution in [1.29, 1.82) is 0 Å². The third-order valence-electron chi connectivity index (χ3n) is 5.42. The van der Waals surface area contributed by atoms with Crippen molar-refractivity contribution >= 4 is 22.0 Å². The first kappa shape index (κ1) is 25.7. The number of methoxy groups -OCH3 is 1. The fourth-order valence-corrected chi connectivity index (χ4v) is 4.90. The molecule has 1 aliphatic rings. The van der Waals surface area contributed by atoms with Crippen LogP contribution in [0.2, 0.25) is 0 Å². The monoisotopic (exact) mass is 488 g/mol. The van der Waals surface area contributed by atoms with Crippen molar-refractivity contribution in [1.82, 2.24) is 9.62 Å². The quantitative estimate of drug-likeness (QED) is 0.515. The first-order valence-electron chi connectivity index (χ1n) is 11.3. The molecule has 8 nitrogen and oxygen atoms in total. The zero-order valence-corrected chi connectivity index (χ0v) is 20.6. The lowest BCUT2D eigenvalue weighted by atomic mass is 10.1. The summed E-state index contributed by atoms with van der Waals surface area (Å²) in [5.74, 6) is 1.03. The second-order valence-electron chi connectivity index (χ2n) is 7.91. The van der Waals surface area contributed by atoms with E-state index in [2.05, 4.69) is 5.32 Å². The maximum absolute atomic E-state index is 12.7. The summed E-state index contributed by atoms with van der Waals surface area (Å²) in [4.78, 5) is 12.7. The van der Waals surface area contributed by atoms with E-state index in [4.69, 9.17) is 14.2 Å². The van der Waals surface area contributed by atoms with Gasteiger partial charge in [-0.15, -0.1) is 0 Å². The van der Waals surface area contributed by atoms with Crippen LogP contribution in [0.25, 0.3) is 6.08 Å². The van der Waals surface area contributed by atoms with Gasteiger partial charge >= 0.3 is 0 Å². The fourth-order valence-electron chi connectivity index (χ4n) is 3.49. The van der Waals surface area contributed by atoms with Gasteiger partial charge in [0, 0.05) is 19.2 Å². The van der Waals surface area contributed by atoms with Crippen LogP contribution in [-0.2, 0) is 19.6 Å². The minimum Gasteiger partial charge on any atom is -0.493 e. The van der Waals surface area contributed by atoms with Gasteiger partial charge in [-0.1, -0.05) is 25.1 Å². The Morgan fingerprint density at radius 2 is 1.85 bits per heavy atom. The molecule has 0 spiro atoms. The number of rotatable bonds is 10. The summed E-state index contributed by atoms with van der Waals surface area (Å²) in [6, 6.07) is 11.8. The molecule has 2 aromatic carbocycles. The third-order valence-corrected chi connectivity index (χ3v) is 7.34. The molecule has 9 heteroatoms. The molecular formula is C25H32N2O6S. The number of carbonyl (C=O) groups is 1. The van der Waals surface area contributed by atoms with E-state index in [1.807, 2.05) is 32.0 Å². The molecule has 0 saturated carbocycles. The number of benzene rings is 2. The highest BCUT2D eigenvalue weighted by atomic mass is 32.2. The van der Waals surface area contributed by atoms with Gasteiger partial charge < -0.3 is 19.5 Å². The van der Waals surface area contributed by atoms with Crippen LogP contribution in [0, 0.1) is 0 Å². The van der Waals surface area contributed by atoms with Gasteiger partial charge in [0.15, 0.2) is 11.5 Å². The van der Waals surface area contributed by atoms with E-state index < -0.39 is 10.0 Å². The Balaban J connectivity index is 1.60. The molecule has 1 aliphatic heterocycles. The van der Waals surface area contributed by atoms with Crippen molar-refractivity contribution in [3.05, 3.63) is 59.7 Å². The van der Waals surface area contributed by atoms with Crippen LogP contribution in [0.5, 0.6) is 11.5 Å². The second kappa shape index (κ2) is 12.0. The number of carbonyl (C=O) groups excluding carboxylic acids is 1. The number of sulfonamides is 1. The molecule has 0 aromatic heterocycles. The van der Waals surface area contributed by atoms with Gasteiger partial charge in [0.25, 0.3) is 0 Å². The number of ether oxygens (including phenoxy) is 3. The predicted octanol–water partition coefficient (Wildman–Crippen LogP) is 3.40. The number of nitrogens with zero attached hydrogens (tertiary/aromatic N) is 1. The molecule has 1 atom stereocenters. The van der Waals surface area contributed by atoms with Crippen LogP contribution in [-0.4, -0.2) is 58.7 Å². The van der Waals surface area contributed by atoms with Crippen LogP contribution in [0.1, 0.15) is 37.4 Å². The van der Waals surface area contributed by atoms with Gasteiger partial charge in [-0.05, 0) is 54.8 Å². The summed E-state index contributed by atoms with van der Waals surface area (Å²) in [5, 5.41) is 2.92. The van der Waals surface area contributed by atoms with E-state index in [-0.39, 0.29) is 16.8 Å². The molecule has 0 aliphatic carbocycles. The van der Waals surface area contributed by atoms with E-state index in [0.29, 0.717) is 44.4 Å². The Morgan fingerprint density at radius 1 is 1.15 bits per heavy atom. The minimum absolute atomic E-state index is 0.227. The van der Waals surface area contributed by atoms with Gasteiger partial charge in [-0.2, -0.15) is 4.31 Å². The van der Waals surface area contributed by atoms with Gasteiger partial charge in [-0.25, -0.2) is 8.42 Å². The number of hydrogen-bond acceptors (Lipinski definition) is 6. The van der Waals surface area contributed by atoms with Crippen molar-refractivity contribution in [2.75, 3.05) is 40.0 Å². The molecular weight excluding hydrogens is 456 g/mol. The Morgan fingerprint density at radius 3 is 2.50 bits per heavy atom. The van der Waals surface area contributed by atoms with Crippen LogP contribution in [0.15, 0.2) is 53.4 Å². The normalized spacial score (nSPS) is 15.7. The van der Waals surface area contributed by atoms with Crippen LogP contribution in [0.4, 0.5) is 0 Å². The molecule has 1 unspecified atom stereocenters. The van der Waals surface area contributed by atoms with Crippen LogP contribution >= 0.6 is 0 Å². The van der Waals surface area contributed by atoms with Crippen LogP contribution in [0.3, 0.4) is 0 Å². The zero-order valence-electron chi connectivity index (χ0n) is 19.8. The molecule has 1 heterocycles. The first-order chi connectivity index (χ1) is 16.3. The van der Waals surface area contributed by atoms with Gasteiger partial charge in [-0.3, -0.25) is 4.79 Å². The van der Waals surface area contributed by atoms with Crippen molar-refractivity contribution < 1.29 is 27.4 Å². The maximum atomic E-state index is 12.7. The standard InChI is InChI=1S/C25H32N2O6S/c1-4-15-33-23-11-8-21(18-24(23)31-3)19(2)26-25(28)12-7-20-5-9-22(10-6-20)34(29,30)27-13-16-32-17-14-27/h5-12,18-19H,4,13-17H2,1-3H3,(H,26,28)/b12-7+. The lowest BCUT2D eigenvalue weighted by molar-refractivity contribution is -0.117. The van der Waals surface area contributed by atoms with E-state index in [9.17, 15) is 13.2 Å². The molecule has 3 rings (SSSR count). The predicted molar refractivity (Wildman–Crippen MR) is 130 cm³/mol. The topological polar surface area (TPSA) is 94.2 Å². The fraction of sp³-hybridized carbons (Fsp3) is 0.400. The average molecular weight is 489 g/mol. The minimum atomic E-state index is -3.54. The summed E-state index contributed by atoms with van der Waals surface area (Å²) < 4.78 is 43.2. The Bertz CT molecular complexity index is 1090. The molecule has 184 valence electrons. The van der Waals surface area contributed by atoms with E-state index in [1.165, 1.54) is 10.4 Å². The number of amides is 1. The lowest BCUT2D eigenvalue weighted by Gasteiger charge is -2.26. The summed E-state index contributed by atoms with van der Waals surface area (Å²) in [6.45, 7) is 6.03. The molecule has 34 heavy (non-hydrogen) atoms. The van der Waals surface area contributed by atoms with Crippen molar-refractivity contribution in [3.63, 3.8) is 0 Å². The molecule has 2 aromatic rings.